The zero-order valence-electron chi connectivity index (χ0n) is 14.4. The van der Waals surface area contributed by atoms with Gasteiger partial charge in [0.25, 0.3) is 5.91 Å². The maximum atomic E-state index is 12.2. The Labute approximate surface area is 156 Å². The summed E-state index contributed by atoms with van der Waals surface area (Å²) in [5.41, 5.74) is 1.57. The molecule has 0 bridgehead atoms. The molecule has 1 N–H and O–H groups in total. The summed E-state index contributed by atoms with van der Waals surface area (Å²) in [5, 5.41) is 2.81. The Bertz CT molecular complexity index is 706. The average molecular weight is 408 g/mol. The van der Waals surface area contributed by atoms with E-state index in [0.29, 0.717) is 37.0 Å². The first-order chi connectivity index (χ1) is 12.1. The van der Waals surface area contributed by atoms with Gasteiger partial charge in [0.15, 0.2) is 6.61 Å². The van der Waals surface area contributed by atoms with Gasteiger partial charge >= 0.3 is 0 Å². The Morgan fingerprint density at radius 3 is 2.64 bits per heavy atom. The smallest absolute Gasteiger partial charge is 0.262 e. The van der Waals surface area contributed by atoms with Crippen molar-refractivity contribution >= 4 is 27.5 Å². The van der Waals surface area contributed by atoms with Crippen molar-refractivity contribution in [2.45, 2.75) is 13.8 Å². The SMILES string of the molecule is CCOCCOc1ccccc1NC(=O)COc1ccc(Br)cc1C. The maximum Gasteiger partial charge on any atom is 0.262 e. The first kappa shape index (κ1) is 19.3. The van der Waals surface area contributed by atoms with Gasteiger partial charge in [-0.15, -0.1) is 0 Å². The third-order valence-electron chi connectivity index (χ3n) is 3.35. The highest BCUT2D eigenvalue weighted by molar-refractivity contribution is 9.10. The number of amides is 1. The Hall–Kier alpha value is -2.05. The van der Waals surface area contributed by atoms with Gasteiger partial charge < -0.3 is 19.5 Å². The molecule has 0 unspecified atom stereocenters. The summed E-state index contributed by atoms with van der Waals surface area (Å²) in [6.45, 7) is 5.37. The summed E-state index contributed by atoms with van der Waals surface area (Å²) in [7, 11) is 0. The summed E-state index contributed by atoms with van der Waals surface area (Å²) >= 11 is 3.40. The molecule has 0 aliphatic rings. The van der Waals surface area contributed by atoms with Crippen molar-refractivity contribution in [2.24, 2.45) is 0 Å². The normalized spacial score (nSPS) is 10.4. The maximum absolute atomic E-state index is 12.2. The van der Waals surface area contributed by atoms with Crippen molar-refractivity contribution < 1.29 is 19.0 Å². The van der Waals surface area contributed by atoms with Gasteiger partial charge in [0.2, 0.25) is 0 Å². The summed E-state index contributed by atoms with van der Waals surface area (Å²) in [4.78, 5) is 12.2. The van der Waals surface area contributed by atoms with Crippen LogP contribution in [0.25, 0.3) is 0 Å². The minimum absolute atomic E-state index is 0.0737. The number of carbonyl (C=O) groups is 1. The quantitative estimate of drug-likeness (QED) is 0.633. The molecular formula is C19H22BrNO4. The van der Waals surface area contributed by atoms with E-state index in [0.717, 1.165) is 10.0 Å². The minimum Gasteiger partial charge on any atom is -0.489 e. The van der Waals surface area contributed by atoms with Crippen molar-refractivity contribution in [1.82, 2.24) is 0 Å². The van der Waals surface area contributed by atoms with Crippen LogP contribution in [0.1, 0.15) is 12.5 Å². The molecular weight excluding hydrogens is 386 g/mol. The van der Waals surface area contributed by atoms with Crippen LogP contribution in [0.5, 0.6) is 11.5 Å². The monoisotopic (exact) mass is 407 g/mol. The number of rotatable bonds is 9. The summed E-state index contributed by atoms with van der Waals surface area (Å²) in [5.74, 6) is 1.04. The second kappa shape index (κ2) is 10.1. The molecule has 134 valence electrons. The number of benzene rings is 2. The zero-order chi connectivity index (χ0) is 18.1. The third-order valence-corrected chi connectivity index (χ3v) is 3.84. The molecule has 0 saturated carbocycles. The van der Waals surface area contributed by atoms with Crippen LogP contribution in [0.2, 0.25) is 0 Å². The van der Waals surface area contributed by atoms with Gasteiger partial charge in [-0.25, -0.2) is 0 Å². The van der Waals surface area contributed by atoms with E-state index in [4.69, 9.17) is 14.2 Å². The number of halogens is 1. The second-order valence-corrected chi connectivity index (χ2v) is 6.20. The predicted octanol–water partition coefficient (Wildman–Crippen LogP) is 4.19. The fourth-order valence-electron chi connectivity index (χ4n) is 2.16. The van der Waals surface area contributed by atoms with Gasteiger partial charge in [0.1, 0.15) is 18.1 Å². The minimum atomic E-state index is -0.247. The lowest BCUT2D eigenvalue weighted by Gasteiger charge is -2.13. The van der Waals surface area contributed by atoms with E-state index in [-0.39, 0.29) is 12.5 Å². The third kappa shape index (κ3) is 6.40. The molecule has 0 fully saturated rings. The topological polar surface area (TPSA) is 56.8 Å². The molecule has 0 spiro atoms. The molecule has 0 radical (unpaired) electrons. The number of para-hydroxylation sites is 2. The first-order valence-electron chi connectivity index (χ1n) is 8.08. The number of aryl methyl sites for hydroxylation is 1. The molecule has 0 heterocycles. The van der Waals surface area contributed by atoms with Crippen molar-refractivity contribution in [2.75, 3.05) is 31.7 Å². The first-order valence-corrected chi connectivity index (χ1v) is 8.88. The number of anilines is 1. The predicted molar refractivity (Wildman–Crippen MR) is 101 cm³/mol. The molecule has 1 amide bonds. The number of hydrogen-bond donors (Lipinski definition) is 1. The lowest BCUT2D eigenvalue weighted by molar-refractivity contribution is -0.118. The summed E-state index contributed by atoms with van der Waals surface area (Å²) in [6.07, 6.45) is 0. The van der Waals surface area contributed by atoms with Gasteiger partial charge in [-0.05, 0) is 49.7 Å². The Morgan fingerprint density at radius 1 is 1.08 bits per heavy atom. The Kier molecular flexibility index (Phi) is 7.76. The molecule has 2 rings (SSSR count). The molecule has 2 aromatic rings. The van der Waals surface area contributed by atoms with Crippen molar-refractivity contribution in [3.63, 3.8) is 0 Å². The van der Waals surface area contributed by atoms with Crippen LogP contribution in [-0.2, 0) is 9.53 Å². The Morgan fingerprint density at radius 2 is 1.88 bits per heavy atom. The van der Waals surface area contributed by atoms with Crippen molar-refractivity contribution in [1.29, 1.82) is 0 Å². The van der Waals surface area contributed by atoms with Crippen LogP contribution in [0, 0.1) is 6.92 Å². The van der Waals surface area contributed by atoms with Gasteiger partial charge in [0.05, 0.1) is 12.3 Å². The summed E-state index contributed by atoms with van der Waals surface area (Å²) in [6, 6.07) is 12.9. The van der Waals surface area contributed by atoms with E-state index in [1.165, 1.54) is 0 Å². The van der Waals surface area contributed by atoms with Crippen LogP contribution < -0.4 is 14.8 Å². The molecule has 25 heavy (non-hydrogen) atoms. The van der Waals surface area contributed by atoms with Gasteiger partial charge in [-0.1, -0.05) is 28.1 Å². The number of carbonyl (C=O) groups excluding carboxylic acids is 1. The van der Waals surface area contributed by atoms with E-state index in [2.05, 4.69) is 21.2 Å². The fourth-order valence-corrected chi connectivity index (χ4v) is 2.63. The molecule has 0 aliphatic carbocycles. The van der Waals surface area contributed by atoms with Crippen LogP contribution in [0.4, 0.5) is 5.69 Å². The molecule has 5 nitrogen and oxygen atoms in total. The van der Waals surface area contributed by atoms with Gasteiger partial charge in [0, 0.05) is 11.1 Å². The highest BCUT2D eigenvalue weighted by atomic mass is 79.9. The van der Waals surface area contributed by atoms with E-state index in [1.807, 2.05) is 44.2 Å². The Balaban J connectivity index is 1.89. The molecule has 0 aliphatic heterocycles. The lowest BCUT2D eigenvalue weighted by atomic mass is 10.2. The fraction of sp³-hybridized carbons (Fsp3) is 0.316. The molecule has 6 heteroatoms. The van der Waals surface area contributed by atoms with E-state index < -0.39 is 0 Å². The van der Waals surface area contributed by atoms with E-state index in [9.17, 15) is 4.79 Å². The largest absolute Gasteiger partial charge is 0.489 e. The van der Waals surface area contributed by atoms with Gasteiger partial charge in [-0.3, -0.25) is 4.79 Å². The van der Waals surface area contributed by atoms with E-state index >= 15 is 0 Å². The van der Waals surface area contributed by atoms with Crippen molar-refractivity contribution in [3.8, 4) is 11.5 Å². The van der Waals surface area contributed by atoms with Crippen LogP contribution >= 0.6 is 15.9 Å². The van der Waals surface area contributed by atoms with Crippen molar-refractivity contribution in [3.05, 3.63) is 52.5 Å². The molecule has 0 saturated heterocycles. The lowest BCUT2D eigenvalue weighted by Crippen LogP contribution is -2.21. The van der Waals surface area contributed by atoms with Crippen LogP contribution in [0.15, 0.2) is 46.9 Å². The average Bonchev–Trinajstić information content (AvgIpc) is 2.59. The number of ether oxygens (including phenoxy) is 3. The molecule has 0 atom stereocenters. The highest BCUT2D eigenvalue weighted by Gasteiger charge is 2.09. The molecule has 2 aromatic carbocycles. The van der Waals surface area contributed by atoms with Gasteiger partial charge in [-0.2, -0.15) is 0 Å². The highest BCUT2D eigenvalue weighted by Crippen LogP contribution is 2.24. The number of hydrogen-bond acceptors (Lipinski definition) is 4. The standard InChI is InChI=1S/C19H22BrNO4/c1-3-23-10-11-24-18-7-5-4-6-16(18)21-19(22)13-25-17-9-8-15(20)12-14(17)2/h4-9,12H,3,10-11,13H2,1-2H3,(H,21,22). The second-order valence-electron chi connectivity index (χ2n) is 5.29. The zero-order valence-corrected chi connectivity index (χ0v) is 16.0. The molecule has 0 aromatic heterocycles. The number of nitrogens with one attached hydrogen (secondary N) is 1. The van der Waals surface area contributed by atoms with Crippen LogP contribution in [0.3, 0.4) is 0 Å². The van der Waals surface area contributed by atoms with Crippen LogP contribution in [-0.4, -0.2) is 32.3 Å². The van der Waals surface area contributed by atoms with E-state index in [1.54, 1.807) is 12.1 Å². The summed E-state index contributed by atoms with van der Waals surface area (Å²) < 4.78 is 17.5.